The number of hydrogen-bond acceptors (Lipinski definition) is 4. The number of aromatic hydroxyl groups is 1. The summed E-state index contributed by atoms with van der Waals surface area (Å²) in [6.07, 6.45) is 1.60. The van der Waals surface area contributed by atoms with Gasteiger partial charge in [0.15, 0.2) is 5.76 Å². The SMILES string of the molecule is Cc1cc(Cl)ccc1-c1c(O)c(C)c(-c2ccccn2)oc1=O. The average molecular weight is 328 g/mol. The minimum Gasteiger partial charge on any atom is -0.507 e. The Kier molecular flexibility index (Phi) is 3.92. The highest BCUT2D eigenvalue weighted by Crippen LogP contribution is 2.36. The van der Waals surface area contributed by atoms with Gasteiger partial charge in [-0.1, -0.05) is 23.7 Å². The molecule has 0 aliphatic rings. The Labute approximate surface area is 138 Å². The van der Waals surface area contributed by atoms with Gasteiger partial charge in [-0.05, 0) is 49.2 Å². The fourth-order valence-corrected chi connectivity index (χ4v) is 2.73. The third-order valence-corrected chi connectivity index (χ3v) is 3.92. The smallest absolute Gasteiger partial charge is 0.348 e. The molecule has 0 radical (unpaired) electrons. The van der Waals surface area contributed by atoms with Crippen molar-refractivity contribution in [1.82, 2.24) is 4.98 Å². The first kappa shape index (κ1) is 15.3. The lowest BCUT2D eigenvalue weighted by Crippen LogP contribution is -2.07. The molecule has 23 heavy (non-hydrogen) atoms. The topological polar surface area (TPSA) is 63.3 Å². The van der Waals surface area contributed by atoms with Gasteiger partial charge < -0.3 is 9.52 Å². The molecule has 3 rings (SSSR count). The maximum Gasteiger partial charge on any atom is 0.348 e. The van der Waals surface area contributed by atoms with E-state index in [1.54, 1.807) is 49.5 Å². The van der Waals surface area contributed by atoms with Gasteiger partial charge in [-0.25, -0.2) is 4.79 Å². The van der Waals surface area contributed by atoms with E-state index in [0.717, 1.165) is 5.56 Å². The van der Waals surface area contributed by atoms with Gasteiger partial charge in [-0.3, -0.25) is 4.98 Å². The summed E-state index contributed by atoms with van der Waals surface area (Å²) in [5.41, 5.74) is 1.86. The van der Waals surface area contributed by atoms with Crippen molar-refractivity contribution in [2.45, 2.75) is 13.8 Å². The summed E-state index contributed by atoms with van der Waals surface area (Å²) in [5, 5.41) is 11.1. The first-order valence-electron chi connectivity index (χ1n) is 7.03. The molecular formula is C18H14ClNO3. The third kappa shape index (κ3) is 2.73. The monoisotopic (exact) mass is 327 g/mol. The predicted molar refractivity (Wildman–Crippen MR) is 89.8 cm³/mol. The molecule has 0 amide bonds. The lowest BCUT2D eigenvalue weighted by Gasteiger charge is -2.11. The summed E-state index contributed by atoms with van der Waals surface area (Å²) in [6.45, 7) is 3.51. The molecule has 0 saturated heterocycles. The van der Waals surface area contributed by atoms with Crippen LogP contribution >= 0.6 is 11.6 Å². The van der Waals surface area contributed by atoms with E-state index in [0.29, 0.717) is 21.8 Å². The van der Waals surface area contributed by atoms with E-state index in [4.69, 9.17) is 16.0 Å². The fraction of sp³-hybridized carbons (Fsp3) is 0.111. The normalized spacial score (nSPS) is 10.7. The van der Waals surface area contributed by atoms with Crippen molar-refractivity contribution in [2.24, 2.45) is 0 Å². The maximum absolute atomic E-state index is 12.4. The van der Waals surface area contributed by atoms with Crippen molar-refractivity contribution in [3.63, 3.8) is 0 Å². The van der Waals surface area contributed by atoms with E-state index in [1.807, 2.05) is 6.92 Å². The van der Waals surface area contributed by atoms with Crippen LogP contribution in [0.2, 0.25) is 5.02 Å². The molecular weight excluding hydrogens is 314 g/mol. The van der Waals surface area contributed by atoms with E-state index < -0.39 is 5.63 Å². The highest BCUT2D eigenvalue weighted by atomic mass is 35.5. The number of aryl methyl sites for hydroxylation is 1. The number of halogens is 1. The standard InChI is InChI=1S/C18H14ClNO3/c1-10-9-12(19)6-7-13(10)15-16(21)11(2)17(23-18(15)22)14-5-3-4-8-20-14/h3-9,21H,1-2H3. The second kappa shape index (κ2) is 5.89. The van der Waals surface area contributed by atoms with Crippen molar-refractivity contribution in [3.8, 4) is 28.3 Å². The minimum atomic E-state index is -0.612. The second-order valence-corrected chi connectivity index (χ2v) is 5.68. The molecule has 0 saturated carbocycles. The number of aromatic nitrogens is 1. The molecule has 0 spiro atoms. The van der Waals surface area contributed by atoms with Crippen LogP contribution in [0.5, 0.6) is 5.75 Å². The molecule has 1 N–H and O–H groups in total. The molecule has 3 aromatic rings. The van der Waals surface area contributed by atoms with Crippen LogP contribution in [0.4, 0.5) is 0 Å². The Bertz CT molecular complexity index is 933. The van der Waals surface area contributed by atoms with Crippen LogP contribution in [0.15, 0.2) is 51.8 Å². The van der Waals surface area contributed by atoms with Crippen LogP contribution in [0, 0.1) is 13.8 Å². The Morgan fingerprint density at radius 3 is 2.61 bits per heavy atom. The molecule has 0 fully saturated rings. The minimum absolute atomic E-state index is 0.104. The van der Waals surface area contributed by atoms with Crippen LogP contribution in [-0.4, -0.2) is 10.1 Å². The van der Waals surface area contributed by atoms with Gasteiger partial charge in [0.1, 0.15) is 17.0 Å². The van der Waals surface area contributed by atoms with Gasteiger partial charge in [0.2, 0.25) is 0 Å². The Balaban J connectivity index is 2.26. The summed E-state index contributed by atoms with van der Waals surface area (Å²) in [5.74, 6) is 0.163. The van der Waals surface area contributed by atoms with Crippen molar-refractivity contribution < 1.29 is 9.52 Å². The molecule has 0 atom stereocenters. The second-order valence-electron chi connectivity index (χ2n) is 5.24. The molecule has 0 bridgehead atoms. The fourth-order valence-electron chi connectivity index (χ4n) is 2.50. The van der Waals surface area contributed by atoms with E-state index in [9.17, 15) is 9.90 Å². The summed E-state index contributed by atoms with van der Waals surface area (Å²) in [6, 6.07) is 10.4. The van der Waals surface area contributed by atoms with Crippen LogP contribution in [-0.2, 0) is 0 Å². The Hall–Kier alpha value is -2.59. The van der Waals surface area contributed by atoms with Crippen molar-refractivity contribution in [2.75, 3.05) is 0 Å². The van der Waals surface area contributed by atoms with E-state index in [1.165, 1.54) is 0 Å². The van der Waals surface area contributed by atoms with Gasteiger partial charge in [0.05, 0.1) is 0 Å². The Morgan fingerprint density at radius 1 is 1.17 bits per heavy atom. The quantitative estimate of drug-likeness (QED) is 0.760. The molecule has 0 aliphatic heterocycles. The number of nitrogens with zero attached hydrogens (tertiary/aromatic N) is 1. The van der Waals surface area contributed by atoms with Gasteiger partial charge in [0, 0.05) is 16.8 Å². The van der Waals surface area contributed by atoms with Crippen molar-refractivity contribution >= 4 is 11.6 Å². The van der Waals surface area contributed by atoms with Crippen LogP contribution < -0.4 is 5.63 Å². The van der Waals surface area contributed by atoms with E-state index >= 15 is 0 Å². The Morgan fingerprint density at radius 2 is 1.96 bits per heavy atom. The summed E-state index contributed by atoms with van der Waals surface area (Å²) < 4.78 is 5.43. The highest BCUT2D eigenvalue weighted by Gasteiger charge is 2.20. The van der Waals surface area contributed by atoms with Gasteiger partial charge in [-0.2, -0.15) is 0 Å². The largest absolute Gasteiger partial charge is 0.507 e. The molecule has 0 unspecified atom stereocenters. The lowest BCUT2D eigenvalue weighted by atomic mass is 9.99. The van der Waals surface area contributed by atoms with Crippen molar-refractivity contribution in [3.05, 3.63) is 69.2 Å². The number of hydrogen-bond donors (Lipinski definition) is 1. The average Bonchev–Trinajstić information content (AvgIpc) is 2.54. The van der Waals surface area contributed by atoms with E-state index in [2.05, 4.69) is 4.98 Å². The van der Waals surface area contributed by atoms with Crippen LogP contribution in [0.1, 0.15) is 11.1 Å². The van der Waals surface area contributed by atoms with Crippen LogP contribution in [0.3, 0.4) is 0 Å². The molecule has 5 heteroatoms. The first-order chi connectivity index (χ1) is 11.0. The van der Waals surface area contributed by atoms with Gasteiger partial charge in [-0.15, -0.1) is 0 Å². The van der Waals surface area contributed by atoms with Gasteiger partial charge in [0.25, 0.3) is 0 Å². The molecule has 2 aromatic heterocycles. The zero-order valence-corrected chi connectivity index (χ0v) is 13.4. The molecule has 2 heterocycles. The zero-order valence-electron chi connectivity index (χ0n) is 12.6. The molecule has 4 nitrogen and oxygen atoms in total. The predicted octanol–water partition coefficient (Wildman–Crippen LogP) is 4.34. The zero-order chi connectivity index (χ0) is 16.6. The molecule has 1 aromatic carbocycles. The first-order valence-corrected chi connectivity index (χ1v) is 7.41. The summed E-state index contributed by atoms with van der Waals surface area (Å²) in [7, 11) is 0. The van der Waals surface area contributed by atoms with Crippen LogP contribution in [0.25, 0.3) is 22.6 Å². The highest BCUT2D eigenvalue weighted by molar-refractivity contribution is 6.30. The van der Waals surface area contributed by atoms with E-state index in [-0.39, 0.29) is 17.1 Å². The summed E-state index contributed by atoms with van der Waals surface area (Å²) in [4.78, 5) is 16.6. The summed E-state index contributed by atoms with van der Waals surface area (Å²) >= 11 is 5.95. The third-order valence-electron chi connectivity index (χ3n) is 3.69. The molecule has 0 aliphatic carbocycles. The number of benzene rings is 1. The lowest BCUT2D eigenvalue weighted by molar-refractivity contribution is 0.449. The maximum atomic E-state index is 12.4. The van der Waals surface area contributed by atoms with Gasteiger partial charge >= 0.3 is 5.63 Å². The number of rotatable bonds is 2. The number of pyridine rings is 1. The molecule has 116 valence electrons. The van der Waals surface area contributed by atoms with Crippen molar-refractivity contribution in [1.29, 1.82) is 0 Å².